The third kappa shape index (κ3) is 36.1. The van der Waals surface area contributed by atoms with Crippen molar-refractivity contribution < 1.29 is 47.8 Å². The van der Waals surface area contributed by atoms with Gasteiger partial charge in [-0.3, -0.25) is 18.6 Å². The fraction of sp³-hybridized carbons (Fsp3) is 0.750. The number of ether oxygens (including phenoxy) is 2. The number of unbranched alkanes of at least 4 members (excludes halogenated alkanes) is 14. The number of aliphatic hydroxyl groups excluding tert-OH is 2. The number of hydrogen-bond acceptors (Lipinski definition) is 9. The van der Waals surface area contributed by atoms with Gasteiger partial charge in [0, 0.05) is 12.8 Å². The van der Waals surface area contributed by atoms with Gasteiger partial charge in [-0.2, -0.15) is 0 Å². The normalized spacial score (nSPS) is 14.5. The largest absolute Gasteiger partial charge is 0.472 e. The van der Waals surface area contributed by atoms with Gasteiger partial charge in [-0.05, 0) is 51.4 Å². The van der Waals surface area contributed by atoms with E-state index in [1.165, 1.54) is 57.8 Å². The lowest BCUT2D eigenvalue weighted by Gasteiger charge is -2.20. The third-order valence-corrected chi connectivity index (χ3v) is 8.95. The summed E-state index contributed by atoms with van der Waals surface area (Å²) in [5.74, 6) is -0.975. The fourth-order valence-electron chi connectivity index (χ4n) is 4.98. The first-order chi connectivity index (χ1) is 24.7. The van der Waals surface area contributed by atoms with Crippen molar-refractivity contribution in [1.82, 2.24) is 0 Å². The fourth-order valence-corrected chi connectivity index (χ4v) is 5.77. The Hall–Kier alpha value is -2.07. The Labute approximate surface area is 309 Å². The van der Waals surface area contributed by atoms with E-state index in [9.17, 15) is 24.2 Å². The van der Waals surface area contributed by atoms with Gasteiger partial charge in [0.05, 0.1) is 19.8 Å². The highest BCUT2D eigenvalue weighted by atomic mass is 31.2. The molecule has 296 valence electrons. The summed E-state index contributed by atoms with van der Waals surface area (Å²) in [6.07, 6.45) is 36.5. The molecule has 1 unspecified atom stereocenters. The molecule has 0 amide bonds. The van der Waals surface area contributed by atoms with E-state index in [4.69, 9.17) is 19.1 Å². The van der Waals surface area contributed by atoms with Gasteiger partial charge in [-0.1, -0.05) is 140 Å². The second-order valence-corrected chi connectivity index (χ2v) is 14.4. The van der Waals surface area contributed by atoms with Crippen LogP contribution in [0.15, 0.2) is 48.6 Å². The van der Waals surface area contributed by atoms with Gasteiger partial charge >= 0.3 is 19.8 Å². The van der Waals surface area contributed by atoms with Crippen LogP contribution in [0, 0.1) is 0 Å². The molecule has 0 aromatic rings. The van der Waals surface area contributed by atoms with E-state index in [1.807, 2.05) is 0 Å². The van der Waals surface area contributed by atoms with Gasteiger partial charge in [-0.25, -0.2) is 4.57 Å². The molecule has 0 saturated heterocycles. The molecule has 11 heteroatoms. The molecule has 0 saturated carbocycles. The van der Waals surface area contributed by atoms with Crippen molar-refractivity contribution in [3.63, 3.8) is 0 Å². The molecule has 0 radical (unpaired) electrons. The predicted molar refractivity (Wildman–Crippen MR) is 205 cm³/mol. The summed E-state index contributed by atoms with van der Waals surface area (Å²) in [6.45, 7) is 2.20. The second-order valence-electron chi connectivity index (χ2n) is 12.9. The van der Waals surface area contributed by atoms with Gasteiger partial charge in [0.15, 0.2) is 6.10 Å². The van der Waals surface area contributed by atoms with Crippen LogP contribution in [0.4, 0.5) is 0 Å². The zero-order valence-electron chi connectivity index (χ0n) is 31.8. The Morgan fingerprint density at radius 3 is 1.63 bits per heavy atom. The van der Waals surface area contributed by atoms with E-state index >= 15 is 0 Å². The highest BCUT2D eigenvalue weighted by Gasteiger charge is 2.27. The van der Waals surface area contributed by atoms with E-state index in [0.717, 1.165) is 57.8 Å². The monoisotopic (exact) mass is 742 g/mol. The van der Waals surface area contributed by atoms with Crippen molar-refractivity contribution in [1.29, 1.82) is 0 Å². The molecular weight excluding hydrogens is 671 g/mol. The highest BCUT2D eigenvalue weighted by molar-refractivity contribution is 7.47. The molecule has 0 aliphatic carbocycles. The number of phosphoric ester groups is 1. The minimum Gasteiger partial charge on any atom is -0.462 e. The van der Waals surface area contributed by atoms with Crippen LogP contribution in [-0.4, -0.2) is 65.7 Å². The quantitative estimate of drug-likeness (QED) is 0.0245. The molecule has 0 spiro atoms. The number of rotatable bonds is 36. The molecule has 0 fully saturated rings. The molecule has 3 N–H and O–H groups in total. The van der Waals surface area contributed by atoms with Gasteiger partial charge < -0.3 is 24.6 Å². The summed E-state index contributed by atoms with van der Waals surface area (Å²) in [5, 5.41) is 18.3. The molecule has 3 atom stereocenters. The van der Waals surface area contributed by atoms with E-state index in [0.29, 0.717) is 12.8 Å². The Morgan fingerprint density at radius 1 is 0.608 bits per heavy atom. The number of esters is 2. The van der Waals surface area contributed by atoms with Crippen LogP contribution in [0.2, 0.25) is 0 Å². The Morgan fingerprint density at radius 2 is 1.08 bits per heavy atom. The van der Waals surface area contributed by atoms with Crippen molar-refractivity contribution in [3.8, 4) is 0 Å². The molecule has 0 aliphatic heterocycles. The highest BCUT2D eigenvalue weighted by Crippen LogP contribution is 2.43. The number of allylic oxidation sites excluding steroid dienone is 8. The maximum Gasteiger partial charge on any atom is 0.472 e. The first-order valence-corrected chi connectivity index (χ1v) is 21.1. The number of carbonyl (C=O) groups excluding carboxylic acids is 2. The lowest BCUT2D eigenvalue weighted by Crippen LogP contribution is -2.29. The Balaban J connectivity index is 4.42. The summed E-state index contributed by atoms with van der Waals surface area (Å²) >= 11 is 0. The molecule has 0 bridgehead atoms. The molecule has 10 nitrogen and oxygen atoms in total. The average molecular weight is 743 g/mol. The smallest absolute Gasteiger partial charge is 0.462 e. The summed E-state index contributed by atoms with van der Waals surface area (Å²) in [5.41, 5.74) is 0. The van der Waals surface area contributed by atoms with Gasteiger partial charge in [0.2, 0.25) is 0 Å². The van der Waals surface area contributed by atoms with E-state index in [2.05, 4.69) is 67.0 Å². The first kappa shape index (κ1) is 48.9. The summed E-state index contributed by atoms with van der Waals surface area (Å²) in [6, 6.07) is 0. The lowest BCUT2D eigenvalue weighted by molar-refractivity contribution is -0.161. The topological polar surface area (TPSA) is 149 Å². The van der Waals surface area contributed by atoms with Crippen molar-refractivity contribution in [2.24, 2.45) is 0 Å². The lowest BCUT2D eigenvalue weighted by atomic mass is 10.0. The zero-order valence-corrected chi connectivity index (χ0v) is 32.7. The molecule has 0 rings (SSSR count). The van der Waals surface area contributed by atoms with Crippen LogP contribution in [0.5, 0.6) is 0 Å². The number of aliphatic hydroxyl groups is 2. The van der Waals surface area contributed by atoms with Crippen LogP contribution in [0.1, 0.15) is 155 Å². The standard InChI is InChI=1S/C40H71O10P/c1-3-5-7-9-11-13-15-17-18-20-21-23-25-27-29-31-39(43)47-35-38(36-49-51(45,46)48-34-37(42)33-41)50-40(44)32-30-28-26-24-22-19-16-14-12-10-8-6-4-2/h5,7,11,13,17-18,21,23,37-38,41-42H,3-4,6,8-10,12,14-16,19-20,22,24-36H2,1-2H3,(H,45,46)/b7-5+,13-11+,18-17+,23-21+/t37-,38+/m0/s1. The van der Waals surface area contributed by atoms with Gasteiger partial charge in [-0.15, -0.1) is 0 Å². The van der Waals surface area contributed by atoms with Crippen LogP contribution in [0.25, 0.3) is 0 Å². The van der Waals surface area contributed by atoms with Crippen LogP contribution < -0.4 is 0 Å². The summed E-state index contributed by atoms with van der Waals surface area (Å²) < 4.78 is 32.6. The minimum absolute atomic E-state index is 0.176. The van der Waals surface area contributed by atoms with Crippen LogP contribution in [-0.2, 0) is 32.7 Å². The van der Waals surface area contributed by atoms with Crippen LogP contribution >= 0.6 is 7.82 Å². The number of phosphoric acid groups is 1. The number of carbonyl (C=O) groups is 2. The molecular formula is C40H71O10P. The molecule has 0 aromatic carbocycles. The van der Waals surface area contributed by atoms with Gasteiger partial charge in [0.25, 0.3) is 0 Å². The molecule has 51 heavy (non-hydrogen) atoms. The molecule has 0 aliphatic rings. The maximum atomic E-state index is 12.5. The van der Waals surface area contributed by atoms with Crippen molar-refractivity contribution in [2.75, 3.05) is 26.4 Å². The van der Waals surface area contributed by atoms with Crippen molar-refractivity contribution >= 4 is 19.8 Å². The van der Waals surface area contributed by atoms with Gasteiger partial charge in [0.1, 0.15) is 12.7 Å². The molecule has 0 aromatic heterocycles. The van der Waals surface area contributed by atoms with Crippen LogP contribution in [0.3, 0.4) is 0 Å². The predicted octanol–water partition coefficient (Wildman–Crippen LogP) is 9.78. The maximum absolute atomic E-state index is 12.5. The van der Waals surface area contributed by atoms with E-state index in [1.54, 1.807) is 0 Å². The number of hydrogen-bond donors (Lipinski definition) is 3. The zero-order chi connectivity index (χ0) is 37.7. The Kier molecular flexibility index (Phi) is 34.8. The molecule has 0 heterocycles. The minimum atomic E-state index is -4.62. The van der Waals surface area contributed by atoms with Crippen molar-refractivity contribution in [3.05, 3.63) is 48.6 Å². The summed E-state index contributed by atoms with van der Waals surface area (Å²) in [4.78, 5) is 34.8. The second kappa shape index (κ2) is 36.3. The van der Waals surface area contributed by atoms with E-state index < -0.39 is 51.8 Å². The summed E-state index contributed by atoms with van der Waals surface area (Å²) in [7, 11) is -4.62. The van der Waals surface area contributed by atoms with Crippen molar-refractivity contribution in [2.45, 2.75) is 167 Å². The third-order valence-electron chi connectivity index (χ3n) is 8.00. The first-order valence-electron chi connectivity index (χ1n) is 19.6. The SMILES string of the molecule is CC/C=C/C/C=C/C/C=C/C/C=C/CCCCC(=O)OC[C@H](COP(=O)(O)OC[C@@H](O)CO)OC(=O)CCCCCCCCCCCCCCC. The van der Waals surface area contributed by atoms with E-state index in [-0.39, 0.29) is 19.4 Å². The average Bonchev–Trinajstić information content (AvgIpc) is 3.12. The Bertz CT molecular complexity index is 994.